The van der Waals surface area contributed by atoms with E-state index in [2.05, 4.69) is 213 Å². The molecule has 4 aromatic heterocycles. The molecule has 5 aromatic carbocycles. The van der Waals surface area contributed by atoms with E-state index in [0.29, 0.717) is 0 Å². The quantitative estimate of drug-likeness (QED) is 0.0866. The number of pyridine rings is 4. The monoisotopic (exact) mass is 866 g/mol. The first-order valence-corrected chi connectivity index (χ1v) is 19.9. The first kappa shape index (κ1) is 44.3. The largest absolute Gasteiger partial charge is 0.673 e. The van der Waals surface area contributed by atoms with Gasteiger partial charge in [-0.2, -0.15) is 9.13 Å². The molecule has 318 valence electrons. The highest BCUT2D eigenvalue weighted by Gasteiger charge is 2.27. The minimum absolute atomic E-state index is 1.06. The van der Waals surface area contributed by atoms with E-state index in [4.69, 9.17) is 0 Å². The molecule has 0 atom stereocenters. The molecular weight excluding hydrogens is 830 g/mol. The lowest BCUT2D eigenvalue weighted by Crippen LogP contribution is -2.36. The van der Waals surface area contributed by atoms with Crippen LogP contribution in [-0.2, 0) is 0 Å². The fourth-order valence-electron chi connectivity index (χ4n) is 7.21. The van der Waals surface area contributed by atoms with Crippen molar-refractivity contribution in [2.75, 3.05) is 0 Å². The Morgan fingerprint density at radius 2 is 0.484 bits per heavy atom. The van der Waals surface area contributed by atoms with Gasteiger partial charge < -0.3 is 34.5 Å². The maximum absolute atomic E-state index is 9.75. The van der Waals surface area contributed by atoms with E-state index in [-0.39, 0.29) is 0 Å². The molecule has 0 aliphatic heterocycles. The Morgan fingerprint density at radius 3 is 0.703 bits per heavy atom. The van der Waals surface area contributed by atoms with Gasteiger partial charge in [0.25, 0.3) is 0 Å². The topological polar surface area (TPSA) is 33.5 Å². The average molecular weight is 866 g/mol. The second-order valence-corrected chi connectivity index (χ2v) is 14.1. The van der Waals surface area contributed by atoms with Crippen molar-refractivity contribution < 1.29 is 43.7 Å². The van der Waals surface area contributed by atoms with Gasteiger partial charge in [-0.25, -0.2) is 0 Å². The van der Waals surface area contributed by atoms with Gasteiger partial charge in [-0.15, -0.1) is 0 Å². The first-order chi connectivity index (χ1) is 30.8. The van der Waals surface area contributed by atoms with Crippen LogP contribution in [0.15, 0.2) is 219 Å². The van der Waals surface area contributed by atoms with Crippen molar-refractivity contribution in [3.8, 4) is 78.7 Å². The molecule has 9 aromatic rings. The Kier molecular flexibility index (Phi) is 13.8. The fourth-order valence-corrected chi connectivity index (χ4v) is 7.21. The van der Waals surface area contributed by atoms with Crippen LogP contribution in [0.5, 0.6) is 0 Å². The summed E-state index contributed by atoms with van der Waals surface area (Å²) in [6.07, 6.45) is 7.42. The lowest BCUT2D eigenvalue weighted by atomic mass is 9.95. The average Bonchev–Trinajstić information content (AvgIpc) is 3.31. The summed E-state index contributed by atoms with van der Waals surface area (Å²) in [6.45, 7) is 0. The number of rotatable bonds is 8. The van der Waals surface area contributed by atoms with Gasteiger partial charge in [0.2, 0.25) is 34.2 Å². The van der Waals surface area contributed by atoms with Gasteiger partial charge in [-0.3, -0.25) is 9.97 Å². The Balaban J connectivity index is 0.000000554. The van der Waals surface area contributed by atoms with Gasteiger partial charge in [0.1, 0.15) is 0 Å². The minimum Gasteiger partial charge on any atom is -0.418 e. The summed E-state index contributed by atoms with van der Waals surface area (Å²) in [6, 6.07) is 69.0. The summed E-state index contributed by atoms with van der Waals surface area (Å²) in [7, 11) is -12.0. The van der Waals surface area contributed by atoms with Crippen LogP contribution in [0.3, 0.4) is 0 Å². The fraction of sp³-hybridized carbons (Fsp3) is 0. The van der Waals surface area contributed by atoms with Crippen molar-refractivity contribution in [1.29, 1.82) is 0 Å². The highest BCUT2D eigenvalue weighted by molar-refractivity contribution is 6.50. The summed E-state index contributed by atoms with van der Waals surface area (Å²) in [5.74, 6) is 0. The zero-order valence-electron chi connectivity index (χ0n) is 33.8. The van der Waals surface area contributed by atoms with E-state index >= 15 is 0 Å². The normalized spacial score (nSPS) is 11.1. The van der Waals surface area contributed by atoms with E-state index in [9.17, 15) is 34.5 Å². The highest BCUT2D eigenvalue weighted by atomic mass is 19.5. The molecule has 0 fully saturated rings. The second-order valence-electron chi connectivity index (χ2n) is 14.1. The standard InChI is InChI=1S/C50H36N4.2BF4/c1-5-13-39(14-6-1)47-33-43(34-48(40-15-7-2-8-16-40)53(47)45-25-29-51-30-26-45)37-21-23-38(24-22-37)44-35-49(41-17-9-3-10-18-41)54(46-27-31-52-32-28-46)50(36-44)42-19-11-4-12-20-42;2*2-1(3,4)5/h1-36H;;/q+2;2*-1. The number of hydrogen-bond donors (Lipinski definition) is 0. The molecule has 14 heteroatoms. The Morgan fingerprint density at radius 1 is 0.266 bits per heavy atom. The smallest absolute Gasteiger partial charge is 0.418 e. The summed E-state index contributed by atoms with van der Waals surface area (Å²) in [5, 5.41) is 0. The third kappa shape index (κ3) is 11.8. The van der Waals surface area contributed by atoms with Gasteiger partial charge in [-0.05, 0) is 70.8 Å². The molecule has 4 nitrogen and oxygen atoms in total. The molecular formula is C50H36B2F8N4. The Bertz CT molecular complexity index is 2560. The molecule has 0 spiro atoms. The third-order valence-corrected chi connectivity index (χ3v) is 9.80. The van der Waals surface area contributed by atoms with E-state index < -0.39 is 14.5 Å². The van der Waals surface area contributed by atoms with E-state index in [0.717, 1.165) is 78.7 Å². The molecule has 0 unspecified atom stereocenters. The van der Waals surface area contributed by atoms with Gasteiger partial charge in [-0.1, -0.05) is 97.1 Å². The van der Waals surface area contributed by atoms with Crippen molar-refractivity contribution >= 4 is 14.5 Å². The maximum Gasteiger partial charge on any atom is 0.673 e. The molecule has 64 heavy (non-hydrogen) atoms. The first-order valence-electron chi connectivity index (χ1n) is 19.9. The maximum atomic E-state index is 9.75. The van der Waals surface area contributed by atoms with E-state index in [1.54, 1.807) is 0 Å². The van der Waals surface area contributed by atoms with Gasteiger partial charge in [0.05, 0.1) is 0 Å². The number of benzene rings is 5. The summed E-state index contributed by atoms with van der Waals surface area (Å²) in [5.41, 5.74) is 15.6. The SMILES string of the molecule is F[B-](F)(F)F.F[B-](F)(F)F.c1ccc(-c2cc(-c3ccc(-c4cc(-c5ccccc5)[n+](-c5ccncc5)c(-c5ccccc5)c4)cc3)cc(-c3ccccc3)[n+]2-c2ccncc2)cc1. The molecule has 0 saturated carbocycles. The molecule has 4 heterocycles. The van der Waals surface area contributed by atoms with Crippen molar-refractivity contribution in [3.05, 3.63) is 219 Å². The molecule has 0 amide bonds. The van der Waals surface area contributed by atoms with Crippen LogP contribution in [0.25, 0.3) is 78.7 Å². The van der Waals surface area contributed by atoms with Gasteiger partial charge >= 0.3 is 14.5 Å². The molecule has 9 rings (SSSR count). The molecule has 0 saturated heterocycles. The van der Waals surface area contributed by atoms with Gasteiger partial charge in [0.15, 0.2) is 0 Å². The van der Waals surface area contributed by atoms with E-state index in [1.807, 2.05) is 24.8 Å². The zero-order chi connectivity index (χ0) is 45.1. The molecule has 0 N–H and O–H groups in total. The second kappa shape index (κ2) is 20.0. The van der Waals surface area contributed by atoms with Crippen LogP contribution in [0.4, 0.5) is 34.5 Å². The van der Waals surface area contributed by atoms with Crippen LogP contribution in [-0.4, -0.2) is 24.5 Å². The van der Waals surface area contributed by atoms with Crippen LogP contribution in [0, 0.1) is 0 Å². The summed E-state index contributed by atoms with van der Waals surface area (Å²) >= 11 is 0. The Hall–Kier alpha value is -7.73. The lowest BCUT2D eigenvalue weighted by molar-refractivity contribution is -0.572. The highest BCUT2D eigenvalue weighted by Crippen LogP contribution is 2.34. The van der Waals surface area contributed by atoms with Crippen molar-refractivity contribution in [3.63, 3.8) is 0 Å². The number of halogens is 8. The van der Waals surface area contributed by atoms with Gasteiger partial charge in [0, 0.05) is 95.6 Å². The number of nitrogens with zero attached hydrogens (tertiary/aromatic N) is 4. The summed E-state index contributed by atoms with van der Waals surface area (Å²) in [4.78, 5) is 8.64. The minimum atomic E-state index is -6.00. The van der Waals surface area contributed by atoms with Crippen LogP contribution >= 0.6 is 0 Å². The molecule has 0 bridgehead atoms. The third-order valence-electron chi connectivity index (χ3n) is 9.80. The molecule has 0 radical (unpaired) electrons. The predicted octanol–water partition coefficient (Wildman–Crippen LogP) is 13.6. The van der Waals surface area contributed by atoms with Crippen LogP contribution in [0.1, 0.15) is 0 Å². The number of aromatic nitrogens is 4. The van der Waals surface area contributed by atoms with Crippen molar-refractivity contribution in [1.82, 2.24) is 9.97 Å². The predicted molar refractivity (Wildman–Crippen MR) is 238 cm³/mol. The van der Waals surface area contributed by atoms with Crippen molar-refractivity contribution in [2.24, 2.45) is 0 Å². The Labute approximate surface area is 364 Å². The zero-order valence-corrected chi connectivity index (χ0v) is 33.8. The number of hydrogen-bond acceptors (Lipinski definition) is 2. The lowest BCUT2D eigenvalue weighted by Gasteiger charge is -2.14. The van der Waals surface area contributed by atoms with Crippen LogP contribution in [0.2, 0.25) is 0 Å². The van der Waals surface area contributed by atoms with E-state index in [1.165, 1.54) is 0 Å². The van der Waals surface area contributed by atoms with Crippen LogP contribution < -0.4 is 9.13 Å². The molecule has 0 aliphatic rings. The summed E-state index contributed by atoms with van der Waals surface area (Å²) < 4.78 is 82.7. The van der Waals surface area contributed by atoms with Crippen molar-refractivity contribution in [2.45, 2.75) is 0 Å². The molecule has 0 aliphatic carbocycles.